The third-order valence-corrected chi connectivity index (χ3v) is 7.72. The van der Waals surface area contributed by atoms with E-state index in [1.165, 1.54) is 30.0 Å². The Hall–Kier alpha value is -1.56. The molecule has 0 radical (unpaired) electrons. The first-order valence-electron chi connectivity index (χ1n) is 11.5. The molecule has 0 nitrogen and oxygen atoms in total. The first-order valence-corrected chi connectivity index (χ1v) is 11.5. The lowest BCUT2D eigenvalue weighted by Gasteiger charge is -2.36. The van der Waals surface area contributed by atoms with Crippen LogP contribution in [0.5, 0.6) is 0 Å². The summed E-state index contributed by atoms with van der Waals surface area (Å²) in [5.41, 5.74) is 1.57. The molecular formula is C27H36. The largest absolute Gasteiger partial charge is 0.0848 e. The van der Waals surface area contributed by atoms with Crippen molar-refractivity contribution in [2.75, 3.05) is 0 Å². The van der Waals surface area contributed by atoms with Gasteiger partial charge in [-0.25, -0.2) is 0 Å². The van der Waals surface area contributed by atoms with Crippen LogP contribution in [0.2, 0.25) is 0 Å². The molecule has 2 aromatic carbocycles. The lowest BCUT2D eigenvalue weighted by atomic mass is 9.68. The number of rotatable bonds is 2. The van der Waals surface area contributed by atoms with E-state index in [0.717, 1.165) is 41.4 Å². The number of fused-ring (bicyclic) bond motifs is 10. The van der Waals surface area contributed by atoms with Crippen molar-refractivity contribution >= 4 is 10.8 Å². The molecule has 3 fully saturated rings. The topological polar surface area (TPSA) is 0 Å². The van der Waals surface area contributed by atoms with Gasteiger partial charge in [-0.15, -0.1) is 0 Å². The van der Waals surface area contributed by atoms with Crippen LogP contribution in [0.1, 0.15) is 52.5 Å². The second kappa shape index (κ2) is 7.82. The van der Waals surface area contributed by atoms with Crippen molar-refractivity contribution in [3.63, 3.8) is 0 Å². The van der Waals surface area contributed by atoms with Gasteiger partial charge in [-0.05, 0) is 83.4 Å². The lowest BCUT2D eigenvalue weighted by molar-refractivity contribution is 0.150. The van der Waals surface area contributed by atoms with Gasteiger partial charge in [0.05, 0.1) is 0 Å². The molecule has 144 valence electrons. The molecule has 7 atom stereocenters. The van der Waals surface area contributed by atoms with E-state index in [1.54, 1.807) is 12.0 Å². The van der Waals surface area contributed by atoms with E-state index in [4.69, 9.17) is 0 Å². The van der Waals surface area contributed by atoms with Crippen molar-refractivity contribution < 1.29 is 0 Å². The molecule has 0 N–H and O–H groups in total. The second-order valence-corrected chi connectivity index (χ2v) is 8.64. The van der Waals surface area contributed by atoms with Gasteiger partial charge in [0.1, 0.15) is 0 Å². The van der Waals surface area contributed by atoms with Gasteiger partial charge < -0.3 is 0 Å². The van der Waals surface area contributed by atoms with Gasteiger partial charge in [0, 0.05) is 0 Å². The van der Waals surface area contributed by atoms with E-state index < -0.39 is 0 Å². The van der Waals surface area contributed by atoms with Gasteiger partial charge in [0.15, 0.2) is 0 Å². The zero-order chi connectivity index (χ0) is 19.0. The monoisotopic (exact) mass is 360 g/mol. The number of hydrogen-bond donors (Lipinski definition) is 0. The van der Waals surface area contributed by atoms with E-state index in [2.05, 4.69) is 54.6 Å². The van der Waals surface area contributed by atoms with E-state index in [1.807, 2.05) is 27.7 Å². The first-order chi connectivity index (χ1) is 13.4. The third-order valence-electron chi connectivity index (χ3n) is 7.72. The van der Waals surface area contributed by atoms with E-state index in [9.17, 15) is 0 Å². The fraction of sp³-hybridized carbons (Fsp3) is 0.556. The molecule has 7 unspecified atom stereocenters. The van der Waals surface area contributed by atoms with Crippen molar-refractivity contribution in [2.24, 2.45) is 41.4 Å². The summed E-state index contributed by atoms with van der Waals surface area (Å²) in [7, 11) is 0. The summed E-state index contributed by atoms with van der Waals surface area (Å²) >= 11 is 0. The van der Waals surface area contributed by atoms with Gasteiger partial charge in [-0.2, -0.15) is 0 Å². The maximum Gasteiger partial charge on any atom is -0.0181 e. The summed E-state index contributed by atoms with van der Waals surface area (Å²) in [6.07, 6.45) is 11.0. The molecule has 2 aromatic rings. The summed E-state index contributed by atoms with van der Waals surface area (Å²) in [5, 5.41) is 2.79. The minimum absolute atomic E-state index is 0.944. The number of hydrogen-bond acceptors (Lipinski definition) is 0. The quantitative estimate of drug-likeness (QED) is 0.383. The molecule has 4 bridgehead atoms. The Labute approximate surface area is 166 Å². The third kappa shape index (κ3) is 3.06. The molecule has 4 aliphatic carbocycles. The van der Waals surface area contributed by atoms with Crippen molar-refractivity contribution in [3.8, 4) is 0 Å². The zero-order valence-electron chi connectivity index (χ0n) is 17.6. The van der Waals surface area contributed by atoms with Crippen LogP contribution in [0, 0.1) is 41.4 Å². The van der Waals surface area contributed by atoms with Crippen molar-refractivity contribution in [2.45, 2.75) is 53.4 Å². The maximum atomic E-state index is 2.57. The molecule has 0 heteroatoms. The number of allylic oxidation sites excluding steroid dienone is 2. The minimum Gasteiger partial charge on any atom is -0.0848 e. The lowest BCUT2D eigenvalue weighted by Crippen LogP contribution is -2.31. The molecular weight excluding hydrogens is 324 g/mol. The van der Waals surface area contributed by atoms with Crippen LogP contribution < -0.4 is 0 Å². The predicted molar refractivity (Wildman–Crippen MR) is 118 cm³/mol. The molecule has 0 saturated heterocycles. The van der Waals surface area contributed by atoms with Gasteiger partial charge in [-0.3, -0.25) is 0 Å². The molecule has 0 heterocycles. The predicted octanol–water partition coefficient (Wildman–Crippen LogP) is 7.53. The summed E-state index contributed by atoms with van der Waals surface area (Å²) < 4.78 is 0. The smallest absolute Gasteiger partial charge is 0.0181 e. The fourth-order valence-corrected chi connectivity index (χ4v) is 7.06. The molecule has 3 saturated carbocycles. The summed E-state index contributed by atoms with van der Waals surface area (Å²) in [4.78, 5) is 0. The van der Waals surface area contributed by atoms with Gasteiger partial charge in [0.25, 0.3) is 0 Å². The average Bonchev–Trinajstić information content (AvgIpc) is 3.51. The molecule has 4 aliphatic rings. The van der Waals surface area contributed by atoms with Crippen LogP contribution in [-0.2, 0) is 6.42 Å². The Morgan fingerprint density at radius 2 is 1.44 bits per heavy atom. The Kier molecular flexibility index (Phi) is 5.44. The Morgan fingerprint density at radius 3 is 2.22 bits per heavy atom. The second-order valence-electron chi connectivity index (χ2n) is 8.64. The van der Waals surface area contributed by atoms with Crippen molar-refractivity contribution in [1.82, 2.24) is 0 Å². The van der Waals surface area contributed by atoms with E-state index in [0.29, 0.717) is 0 Å². The van der Waals surface area contributed by atoms with Crippen molar-refractivity contribution in [1.29, 1.82) is 0 Å². The van der Waals surface area contributed by atoms with Crippen LogP contribution in [-0.4, -0.2) is 0 Å². The van der Waals surface area contributed by atoms with E-state index >= 15 is 0 Å². The minimum atomic E-state index is 0.944. The summed E-state index contributed by atoms with van der Waals surface area (Å²) in [6, 6.07) is 15.9. The zero-order valence-corrected chi connectivity index (χ0v) is 17.6. The van der Waals surface area contributed by atoms with Gasteiger partial charge >= 0.3 is 0 Å². The molecule has 0 aromatic heterocycles. The number of benzene rings is 2. The maximum absolute atomic E-state index is 2.57. The van der Waals surface area contributed by atoms with Crippen molar-refractivity contribution in [3.05, 3.63) is 60.2 Å². The standard InChI is InChI=1S/C23H24.2C2H6/c1-2-4-16-9-14(5-6-15(16)3-1)10-19-12-20-13-21(19)23-18-8-7-17(11-18)22(20)23;2*1-2/h1-9,17-23H,10-13H2;2*1-2H3. The Balaban J connectivity index is 0.000000425. The molecule has 0 amide bonds. The normalized spacial score (nSPS) is 36.8. The highest BCUT2D eigenvalue weighted by molar-refractivity contribution is 5.82. The molecule has 0 spiro atoms. The van der Waals surface area contributed by atoms with Gasteiger partial charge in [-0.1, -0.05) is 82.3 Å². The van der Waals surface area contributed by atoms with Crippen LogP contribution in [0.3, 0.4) is 0 Å². The molecule has 6 rings (SSSR count). The SMILES string of the molecule is C1=CC2CC1C1C3CC(Cc4ccc5ccccc5c4)C(C3)C21.CC.CC. The molecule has 0 aliphatic heterocycles. The van der Waals surface area contributed by atoms with Crippen LogP contribution in [0.25, 0.3) is 10.8 Å². The van der Waals surface area contributed by atoms with E-state index in [-0.39, 0.29) is 0 Å². The first kappa shape index (κ1) is 18.8. The Bertz CT molecular complexity index is 801. The average molecular weight is 361 g/mol. The van der Waals surface area contributed by atoms with Gasteiger partial charge in [0.2, 0.25) is 0 Å². The molecule has 27 heavy (non-hydrogen) atoms. The highest BCUT2D eigenvalue weighted by Crippen LogP contribution is 2.67. The summed E-state index contributed by atoms with van der Waals surface area (Å²) in [6.45, 7) is 8.00. The van der Waals surface area contributed by atoms with Crippen LogP contribution in [0.4, 0.5) is 0 Å². The van der Waals surface area contributed by atoms with Crippen LogP contribution >= 0.6 is 0 Å². The summed E-state index contributed by atoms with van der Waals surface area (Å²) in [5.74, 6) is 7.06. The fourth-order valence-electron chi connectivity index (χ4n) is 7.06. The Morgan fingerprint density at radius 1 is 0.741 bits per heavy atom. The highest BCUT2D eigenvalue weighted by atomic mass is 14.6. The van der Waals surface area contributed by atoms with Crippen LogP contribution in [0.15, 0.2) is 54.6 Å². The highest BCUT2D eigenvalue weighted by Gasteiger charge is 2.60.